The predicted octanol–water partition coefficient (Wildman–Crippen LogP) is 4.88. The maximum atomic E-state index is 3.70. The van der Waals surface area contributed by atoms with Gasteiger partial charge in [-0.15, -0.1) is 11.3 Å². The zero-order valence-corrected chi connectivity index (χ0v) is 13.2. The summed E-state index contributed by atoms with van der Waals surface area (Å²) in [5.41, 5.74) is 0. The highest BCUT2D eigenvalue weighted by Gasteiger charge is 2.19. The SMILES string of the molecule is Cc1sc(CN[C@H](C)C2CCCCC2)cc1Br. The van der Waals surface area contributed by atoms with Crippen molar-refractivity contribution in [2.45, 2.75) is 58.5 Å². The smallest absolute Gasteiger partial charge is 0.0314 e. The molecule has 1 saturated carbocycles. The number of halogens is 1. The van der Waals surface area contributed by atoms with E-state index in [0.717, 1.165) is 12.5 Å². The van der Waals surface area contributed by atoms with Gasteiger partial charge >= 0.3 is 0 Å². The molecule has 1 aliphatic carbocycles. The van der Waals surface area contributed by atoms with Crippen molar-refractivity contribution < 1.29 is 0 Å². The number of aryl methyl sites for hydroxylation is 1. The Hall–Kier alpha value is 0.140. The average molecular weight is 316 g/mol. The van der Waals surface area contributed by atoms with Crippen molar-refractivity contribution >= 4 is 27.3 Å². The minimum absolute atomic E-state index is 0.663. The molecule has 1 fully saturated rings. The molecule has 0 amide bonds. The molecule has 3 heteroatoms. The van der Waals surface area contributed by atoms with Crippen molar-refractivity contribution in [2.75, 3.05) is 0 Å². The molecule has 0 aromatic carbocycles. The summed E-state index contributed by atoms with van der Waals surface area (Å²) in [7, 11) is 0. The summed E-state index contributed by atoms with van der Waals surface area (Å²) in [5, 5.41) is 3.70. The predicted molar refractivity (Wildman–Crippen MR) is 79.6 cm³/mol. The molecule has 1 atom stereocenters. The topological polar surface area (TPSA) is 12.0 Å². The summed E-state index contributed by atoms with van der Waals surface area (Å²) in [6.07, 6.45) is 7.14. The van der Waals surface area contributed by atoms with E-state index in [1.165, 1.54) is 46.3 Å². The van der Waals surface area contributed by atoms with Gasteiger partial charge in [-0.1, -0.05) is 19.3 Å². The minimum atomic E-state index is 0.663. The van der Waals surface area contributed by atoms with Crippen LogP contribution in [0.5, 0.6) is 0 Å². The highest BCUT2D eigenvalue weighted by molar-refractivity contribution is 9.10. The third-order valence-corrected chi connectivity index (χ3v) is 6.00. The fourth-order valence-corrected chi connectivity index (χ4v) is 4.22. The van der Waals surface area contributed by atoms with Crippen LogP contribution in [-0.4, -0.2) is 6.04 Å². The molecule has 2 rings (SSSR count). The first kappa shape index (κ1) is 13.6. The Bertz CT molecular complexity index is 336. The van der Waals surface area contributed by atoms with Crippen molar-refractivity contribution in [1.82, 2.24) is 5.32 Å². The number of hydrogen-bond acceptors (Lipinski definition) is 2. The maximum absolute atomic E-state index is 3.70. The molecule has 96 valence electrons. The van der Waals surface area contributed by atoms with E-state index in [1.54, 1.807) is 0 Å². The Kier molecular flexibility index (Phi) is 5.07. The van der Waals surface area contributed by atoms with Crippen LogP contribution in [0.15, 0.2) is 10.5 Å². The molecule has 1 N–H and O–H groups in total. The van der Waals surface area contributed by atoms with E-state index in [4.69, 9.17) is 0 Å². The lowest BCUT2D eigenvalue weighted by atomic mass is 9.84. The molecule has 1 heterocycles. The Labute approximate surface area is 117 Å². The number of nitrogens with one attached hydrogen (secondary N) is 1. The van der Waals surface area contributed by atoms with Gasteiger partial charge in [-0.2, -0.15) is 0 Å². The van der Waals surface area contributed by atoms with Crippen LogP contribution in [0, 0.1) is 12.8 Å². The Morgan fingerprint density at radius 2 is 2.12 bits per heavy atom. The van der Waals surface area contributed by atoms with E-state index in [1.807, 2.05) is 11.3 Å². The molecule has 0 aliphatic heterocycles. The third kappa shape index (κ3) is 3.80. The van der Waals surface area contributed by atoms with Crippen molar-refractivity contribution in [3.8, 4) is 0 Å². The Balaban J connectivity index is 1.80. The van der Waals surface area contributed by atoms with E-state index in [9.17, 15) is 0 Å². The lowest BCUT2D eigenvalue weighted by Gasteiger charge is -2.28. The van der Waals surface area contributed by atoms with E-state index in [2.05, 4.69) is 41.2 Å². The molecular weight excluding hydrogens is 294 g/mol. The van der Waals surface area contributed by atoms with Crippen molar-refractivity contribution in [3.63, 3.8) is 0 Å². The van der Waals surface area contributed by atoms with Gasteiger partial charge < -0.3 is 5.32 Å². The Morgan fingerprint density at radius 3 is 2.71 bits per heavy atom. The minimum Gasteiger partial charge on any atom is -0.309 e. The molecule has 0 spiro atoms. The Morgan fingerprint density at radius 1 is 1.41 bits per heavy atom. The molecule has 0 bridgehead atoms. The average Bonchev–Trinajstić information content (AvgIpc) is 2.67. The third-order valence-electron chi connectivity index (χ3n) is 3.86. The fraction of sp³-hybridized carbons (Fsp3) is 0.714. The van der Waals surface area contributed by atoms with Gasteiger partial charge in [0.2, 0.25) is 0 Å². The second kappa shape index (κ2) is 6.35. The summed E-state index contributed by atoms with van der Waals surface area (Å²) < 4.78 is 1.25. The molecule has 1 nitrogen and oxygen atoms in total. The molecule has 17 heavy (non-hydrogen) atoms. The van der Waals surface area contributed by atoms with Gasteiger partial charge in [-0.05, 0) is 54.6 Å². The second-order valence-corrected chi connectivity index (χ2v) is 7.38. The first-order valence-corrected chi connectivity index (χ1v) is 8.26. The van der Waals surface area contributed by atoms with Gasteiger partial charge in [0.25, 0.3) is 0 Å². The normalized spacial score (nSPS) is 19.5. The second-order valence-electron chi connectivity index (χ2n) is 5.18. The molecule has 0 unspecified atom stereocenters. The van der Waals surface area contributed by atoms with Crippen molar-refractivity contribution in [3.05, 3.63) is 20.3 Å². The number of hydrogen-bond donors (Lipinski definition) is 1. The van der Waals surface area contributed by atoms with Gasteiger partial charge in [0, 0.05) is 26.8 Å². The summed E-state index contributed by atoms with van der Waals surface area (Å²) in [6.45, 7) is 5.54. The highest BCUT2D eigenvalue weighted by atomic mass is 79.9. The van der Waals surface area contributed by atoms with Crippen LogP contribution in [0.3, 0.4) is 0 Å². The van der Waals surface area contributed by atoms with E-state index >= 15 is 0 Å². The summed E-state index contributed by atoms with van der Waals surface area (Å²) in [6, 6.07) is 2.91. The van der Waals surface area contributed by atoms with Crippen molar-refractivity contribution in [1.29, 1.82) is 0 Å². The largest absolute Gasteiger partial charge is 0.309 e. The quantitative estimate of drug-likeness (QED) is 0.835. The molecule has 0 radical (unpaired) electrons. The standard InChI is InChI=1S/C14H22BrNS/c1-10(12-6-4-3-5-7-12)16-9-13-8-14(15)11(2)17-13/h8,10,12,16H,3-7,9H2,1-2H3/t10-/m1/s1. The van der Waals surface area contributed by atoms with Crippen LogP contribution in [0.2, 0.25) is 0 Å². The molecular formula is C14H22BrNS. The lowest BCUT2D eigenvalue weighted by Crippen LogP contribution is -2.33. The van der Waals surface area contributed by atoms with Crippen LogP contribution < -0.4 is 5.32 Å². The molecule has 1 aromatic heterocycles. The van der Waals surface area contributed by atoms with Crippen LogP contribution >= 0.6 is 27.3 Å². The van der Waals surface area contributed by atoms with Crippen LogP contribution in [-0.2, 0) is 6.54 Å². The highest BCUT2D eigenvalue weighted by Crippen LogP contribution is 2.28. The summed E-state index contributed by atoms with van der Waals surface area (Å²) in [4.78, 5) is 2.82. The zero-order chi connectivity index (χ0) is 12.3. The van der Waals surface area contributed by atoms with Gasteiger partial charge in [-0.25, -0.2) is 0 Å². The van der Waals surface area contributed by atoms with E-state index < -0.39 is 0 Å². The number of thiophene rings is 1. The molecule has 0 saturated heterocycles. The van der Waals surface area contributed by atoms with Crippen LogP contribution in [0.25, 0.3) is 0 Å². The van der Waals surface area contributed by atoms with Gasteiger partial charge in [0.05, 0.1) is 0 Å². The van der Waals surface area contributed by atoms with Gasteiger partial charge in [-0.3, -0.25) is 0 Å². The summed E-state index contributed by atoms with van der Waals surface area (Å²) in [5.74, 6) is 0.897. The number of rotatable bonds is 4. The zero-order valence-electron chi connectivity index (χ0n) is 10.8. The van der Waals surface area contributed by atoms with Crippen LogP contribution in [0.4, 0.5) is 0 Å². The lowest BCUT2D eigenvalue weighted by molar-refractivity contribution is 0.281. The van der Waals surface area contributed by atoms with Gasteiger partial charge in [0.15, 0.2) is 0 Å². The molecule has 1 aliphatic rings. The first-order chi connectivity index (χ1) is 8.16. The van der Waals surface area contributed by atoms with Crippen LogP contribution in [0.1, 0.15) is 48.8 Å². The monoisotopic (exact) mass is 315 g/mol. The maximum Gasteiger partial charge on any atom is 0.0314 e. The first-order valence-electron chi connectivity index (χ1n) is 6.65. The summed E-state index contributed by atoms with van der Waals surface area (Å²) >= 11 is 5.48. The van der Waals surface area contributed by atoms with Crippen molar-refractivity contribution in [2.24, 2.45) is 5.92 Å². The van der Waals surface area contributed by atoms with Gasteiger partial charge in [0.1, 0.15) is 0 Å². The van der Waals surface area contributed by atoms with E-state index in [0.29, 0.717) is 6.04 Å². The molecule has 1 aromatic rings. The fourth-order valence-electron chi connectivity index (χ4n) is 2.67. The van der Waals surface area contributed by atoms with E-state index in [-0.39, 0.29) is 0 Å².